The summed E-state index contributed by atoms with van der Waals surface area (Å²) < 4.78 is 0. The van der Waals surface area contributed by atoms with Crippen LogP contribution in [-0.2, 0) is 0 Å². The van der Waals surface area contributed by atoms with Gasteiger partial charge in [-0.3, -0.25) is 9.89 Å². The first kappa shape index (κ1) is 15.0. The highest BCUT2D eigenvalue weighted by Crippen LogP contribution is 2.32. The number of nitrogens with one attached hydrogen (secondary N) is 2. The summed E-state index contributed by atoms with van der Waals surface area (Å²) >= 11 is 6.05. The fraction of sp³-hybridized carbons (Fsp3) is 0.529. The third-order valence-corrected chi connectivity index (χ3v) is 5.65. The number of H-pyrrole nitrogens is 1. The maximum absolute atomic E-state index is 12.7. The van der Waals surface area contributed by atoms with Crippen molar-refractivity contribution in [3.8, 4) is 0 Å². The van der Waals surface area contributed by atoms with Gasteiger partial charge >= 0.3 is 0 Å². The Balaban J connectivity index is 1.52. The third-order valence-electron chi connectivity index (χ3n) is 5.42. The van der Waals surface area contributed by atoms with Crippen LogP contribution in [-0.4, -0.2) is 46.2 Å². The quantitative estimate of drug-likeness (QED) is 0.888. The Bertz CT molecular complexity index is 729. The molecule has 23 heavy (non-hydrogen) atoms. The largest absolute Gasteiger partial charge is 0.348 e. The van der Waals surface area contributed by atoms with E-state index in [0.29, 0.717) is 22.8 Å². The predicted octanol–water partition coefficient (Wildman–Crippen LogP) is 2.96. The number of fused-ring (bicyclic) bond motifs is 3. The topological polar surface area (TPSA) is 61.0 Å². The van der Waals surface area contributed by atoms with Crippen molar-refractivity contribution in [1.29, 1.82) is 0 Å². The molecule has 2 saturated heterocycles. The molecule has 2 aliphatic rings. The molecule has 3 heterocycles. The summed E-state index contributed by atoms with van der Waals surface area (Å²) in [6, 6.07) is 6.86. The van der Waals surface area contributed by atoms with Gasteiger partial charge in [0.15, 0.2) is 5.69 Å². The van der Waals surface area contributed by atoms with E-state index in [2.05, 4.69) is 27.5 Å². The van der Waals surface area contributed by atoms with Crippen molar-refractivity contribution in [3.63, 3.8) is 0 Å². The van der Waals surface area contributed by atoms with Gasteiger partial charge in [-0.1, -0.05) is 18.0 Å². The highest BCUT2D eigenvalue weighted by atomic mass is 35.5. The van der Waals surface area contributed by atoms with Crippen LogP contribution in [0.4, 0.5) is 0 Å². The molecule has 2 aliphatic heterocycles. The van der Waals surface area contributed by atoms with Crippen LogP contribution in [0.1, 0.15) is 42.6 Å². The van der Waals surface area contributed by atoms with Crippen molar-refractivity contribution in [2.45, 2.75) is 50.2 Å². The number of hydrogen-bond donors (Lipinski definition) is 2. The van der Waals surface area contributed by atoms with Crippen molar-refractivity contribution in [2.75, 3.05) is 7.05 Å². The first-order chi connectivity index (χ1) is 11.1. The van der Waals surface area contributed by atoms with Crippen molar-refractivity contribution < 1.29 is 4.79 Å². The first-order valence-electron chi connectivity index (χ1n) is 8.28. The minimum absolute atomic E-state index is 0.105. The summed E-state index contributed by atoms with van der Waals surface area (Å²) in [5.41, 5.74) is 1.27. The average molecular weight is 333 g/mol. The lowest BCUT2D eigenvalue weighted by Gasteiger charge is -2.47. The van der Waals surface area contributed by atoms with E-state index < -0.39 is 0 Å². The van der Waals surface area contributed by atoms with Gasteiger partial charge in [0.1, 0.15) is 0 Å². The van der Waals surface area contributed by atoms with Gasteiger partial charge < -0.3 is 10.2 Å². The van der Waals surface area contributed by atoms with Gasteiger partial charge in [0, 0.05) is 28.5 Å². The van der Waals surface area contributed by atoms with Gasteiger partial charge in [-0.25, -0.2) is 0 Å². The number of piperidine rings is 2. The van der Waals surface area contributed by atoms with Crippen LogP contribution in [0.15, 0.2) is 18.2 Å². The molecule has 3 atom stereocenters. The minimum atomic E-state index is -0.105. The Hall–Kier alpha value is -1.59. The molecule has 2 bridgehead atoms. The molecule has 4 rings (SSSR count). The van der Waals surface area contributed by atoms with Gasteiger partial charge in [-0.2, -0.15) is 5.10 Å². The average Bonchev–Trinajstić information content (AvgIpc) is 2.91. The fourth-order valence-electron chi connectivity index (χ4n) is 4.15. The highest BCUT2D eigenvalue weighted by Gasteiger charge is 2.36. The Morgan fingerprint density at radius 2 is 2.09 bits per heavy atom. The molecule has 1 aromatic carbocycles. The van der Waals surface area contributed by atoms with E-state index >= 15 is 0 Å². The van der Waals surface area contributed by atoms with Crippen LogP contribution in [0.2, 0.25) is 5.02 Å². The van der Waals surface area contributed by atoms with Crippen molar-refractivity contribution >= 4 is 28.4 Å². The zero-order valence-corrected chi connectivity index (χ0v) is 13.9. The highest BCUT2D eigenvalue weighted by molar-refractivity contribution is 6.31. The van der Waals surface area contributed by atoms with E-state index in [1.165, 1.54) is 19.3 Å². The Morgan fingerprint density at radius 1 is 1.35 bits per heavy atom. The number of aromatic amines is 1. The number of nitrogens with zero attached hydrogens (tertiary/aromatic N) is 2. The lowest BCUT2D eigenvalue weighted by atomic mass is 9.82. The van der Waals surface area contributed by atoms with E-state index in [1.807, 2.05) is 6.07 Å². The van der Waals surface area contributed by atoms with Gasteiger partial charge in [-0.05, 0) is 50.9 Å². The minimum Gasteiger partial charge on any atom is -0.348 e. The van der Waals surface area contributed by atoms with E-state index in [0.717, 1.165) is 23.7 Å². The number of halogens is 1. The number of benzene rings is 1. The molecule has 0 saturated carbocycles. The number of rotatable bonds is 2. The fourth-order valence-corrected chi connectivity index (χ4v) is 4.32. The van der Waals surface area contributed by atoms with Gasteiger partial charge in [0.05, 0.1) is 5.52 Å². The van der Waals surface area contributed by atoms with E-state index in [1.54, 1.807) is 12.1 Å². The molecular formula is C17H21ClN4O. The predicted molar refractivity (Wildman–Crippen MR) is 90.8 cm³/mol. The smallest absolute Gasteiger partial charge is 0.272 e. The number of amides is 1. The maximum atomic E-state index is 12.7. The summed E-state index contributed by atoms with van der Waals surface area (Å²) in [6.07, 6.45) is 5.84. The molecular weight excluding hydrogens is 312 g/mol. The normalized spacial score (nSPS) is 28.0. The second-order valence-corrected chi connectivity index (χ2v) is 7.24. The standard InChI is InChI=1S/C17H21ClN4O/c1-22-12-3-2-4-13(22)9-11(8-12)19-17(23)16-14-7-10(18)5-6-15(14)20-21-16/h5-7,11-13H,2-4,8-9H2,1H3,(H,19,23)(H,20,21)/t11?,12-,13+. The van der Waals surface area contributed by atoms with Crippen LogP contribution < -0.4 is 5.32 Å². The molecule has 0 spiro atoms. The molecule has 1 amide bonds. The van der Waals surface area contributed by atoms with E-state index in [4.69, 9.17) is 11.6 Å². The van der Waals surface area contributed by atoms with Crippen LogP contribution in [0.3, 0.4) is 0 Å². The molecule has 1 unspecified atom stereocenters. The van der Waals surface area contributed by atoms with Crippen LogP contribution in [0.5, 0.6) is 0 Å². The second-order valence-electron chi connectivity index (χ2n) is 6.81. The maximum Gasteiger partial charge on any atom is 0.272 e. The summed E-state index contributed by atoms with van der Waals surface area (Å²) in [5.74, 6) is -0.105. The molecule has 1 aromatic heterocycles. The Kier molecular flexibility index (Phi) is 3.77. The Labute approximate surface area is 140 Å². The summed E-state index contributed by atoms with van der Waals surface area (Å²) in [4.78, 5) is 15.1. The number of carbonyl (C=O) groups excluding carboxylic acids is 1. The van der Waals surface area contributed by atoms with Crippen LogP contribution in [0.25, 0.3) is 10.9 Å². The van der Waals surface area contributed by atoms with E-state index in [9.17, 15) is 4.79 Å². The molecule has 0 aliphatic carbocycles. The van der Waals surface area contributed by atoms with Gasteiger partial charge in [0.2, 0.25) is 0 Å². The van der Waals surface area contributed by atoms with Crippen LogP contribution in [0, 0.1) is 0 Å². The van der Waals surface area contributed by atoms with Crippen LogP contribution >= 0.6 is 11.6 Å². The molecule has 5 nitrogen and oxygen atoms in total. The van der Waals surface area contributed by atoms with Gasteiger partial charge in [0.25, 0.3) is 5.91 Å². The van der Waals surface area contributed by atoms with Crippen molar-refractivity contribution in [2.24, 2.45) is 0 Å². The number of carbonyl (C=O) groups is 1. The molecule has 2 fully saturated rings. The Morgan fingerprint density at radius 3 is 2.83 bits per heavy atom. The molecule has 2 N–H and O–H groups in total. The zero-order chi connectivity index (χ0) is 16.0. The lowest BCUT2D eigenvalue weighted by molar-refractivity contribution is 0.0462. The number of aromatic nitrogens is 2. The summed E-state index contributed by atoms with van der Waals surface area (Å²) in [6.45, 7) is 0. The summed E-state index contributed by atoms with van der Waals surface area (Å²) in [5, 5.41) is 11.7. The second kappa shape index (κ2) is 5.80. The monoisotopic (exact) mass is 332 g/mol. The molecule has 0 radical (unpaired) electrons. The summed E-state index contributed by atoms with van der Waals surface area (Å²) in [7, 11) is 2.22. The molecule has 2 aromatic rings. The third kappa shape index (κ3) is 2.72. The van der Waals surface area contributed by atoms with Gasteiger partial charge in [-0.15, -0.1) is 0 Å². The van der Waals surface area contributed by atoms with E-state index in [-0.39, 0.29) is 11.9 Å². The number of hydrogen-bond acceptors (Lipinski definition) is 3. The molecule has 122 valence electrons. The molecule has 6 heteroatoms. The SMILES string of the molecule is CN1[C@@H]2CCC[C@H]1CC(NC(=O)c1n[nH]c3ccc(Cl)cc13)C2. The lowest BCUT2D eigenvalue weighted by Crippen LogP contribution is -2.55. The van der Waals surface area contributed by atoms with Crippen molar-refractivity contribution in [3.05, 3.63) is 28.9 Å². The van der Waals surface area contributed by atoms with Crippen molar-refractivity contribution in [1.82, 2.24) is 20.4 Å². The zero-order valence-electron chi connectivity index (χ0n) is 13.2. The first-order valence-corrected chi connectivity index (χ1v) is 8.66.